The maximum atomic E-state index is 10.3. The van der Waals surface area contributed by atoms with Gasteiger partial charge in [0.15, 0.2) is 0 Å². The van der Waals surface area contributed by atoms with Gasteiger partial charge in [0, 0.05) is 12.7 Å². The summed E-state index contributed by atoms with van der Waals surface area (Å²) in [5.74, 6) is 8.00. The molecule has 0 unspecified atom stereocenters. The number of hydrogen-bond acceptors (Lipinski definition) is 6. The van der Waals surface area contributed by atoms with Crippen molar-refractivity contribution < 1.29 is 14.7 Å². The van der Waals surface area contributed by atoms with Gasteiger partial charge in [-0.25, -0.2) is 10.6 Å². The lowest BCUT2D eigenvalue weighted by Crippen LogP contribution is -2.40. The second-order valence-corrected chi connectivity index (χ2v) is 2.80. The average molecular weight is 252 g/mol. The number of hydrazone groups is 1. The van der Waals surface area contributed by atoms with E-state index < -0.39 is 12.0 Å². The lowest BCUT2D eigenvalue weighted by molar-refractivity contribution is -0.140. The summed E-state index contributed by atoms with van der Waals surface area (Å²) in [6.45, 7) is 1.26. The predicted octanol–water partition coefficient (Wildman–Crippen LogP) is -2.86. The SMILES string of the molecule is CC(=O)N[C@@H](CS)C(=O)O.NN=C(N)NN. The molecule has 0 aliphatic rings. The fourth-order valence-electron chi connectivity index (χ4n) is 0.468. The van der Waals surface area contributed by atoms with E-state index in [1.807, 2.05) is 5.43 Å². The summed E-state index contributed by atoms with van der Waals surface area (Å²) >= 11 is 3.73. The molecule has 0 aliphatic heterocycles. The second-order valence-electron chi connectivity index (χ2n) is 2.43. The van der Waals surface area contributed by atoms with Crippen molar-refractivity contribution in [2.75, 3.05) is 5.75 Å². The maximum absolute atomic E-state index is 10.3. The number of hydrazine groups is 1. The first-order valence-electron chi connectivity index (χ1n) is 3.99. The lowest BCUT2D eigenvalue weighted by atomic mass is 10.3. The first-order valence-corrected chi connectivity index (χ1v) is 4.63. The first-order chi connectivity index (χ1) is 7.38. The van der Waals surface area contributed by atoms with Crippen LogP contribution in [0.4, 0.5) is 0 Å². The van der Waals surface area contributed by atoms with Gasteiger partial charge < -0.3 is 22.0 Å². The Morgan fingerprint density at radius 1 is 1.56 bits per heavy atom. The number of rotatable bonds is 3. The molecule has 0 aromatic carbocycles. The fourth-order valence-corrected chi connectivity index (χ4v) is 0.716. The van der Waals surface area contributed by atoms with Crippen molar-refractivity contribution in [2.45, 2.75) is 13.0 Å². The van der Waals surface area contributed by atoms with Crippen LogP contribution < -0.4 is 28.2 Å². The van der Waals surface area contributed by atoms with Crippen LogP contribution in [0.25, 0.3) is 0 Å². The van der Waals surface area contributed by atoms with Crippen molar-refractivity contribution >= 4 is 30.5 Å². The van der Waals surface area contributed by atoms with Crippen molar-refractivity contribution in [3.8, 4) is 0 Å². The minimum Gasteiger partial charge on any atom is -0.480 e. The molecular weight excluding hydrogens is 236 g/mol. The topological polar surface area (TPSA) is 169 Å². The van der Waals surface area contributed by atoms with Gasteiger partial charge in [0.1, 0.15) is 6.04 Å². The number of nitrogens with one attached hydrogen (secondary N) is 2. The van der Waals surface area contributed by atoms with E-state index in [4.69, 9.17) is 16.7 Å². The van der Waals surface area contributed by atoms with Crippen molar-refractivity contribution in [1.29, 1.82) is 0 Å². The Bertz CT molecular complexity index is 259. The Hall–Kier alpha value is -1.68. The molecule has 10 heteroatoms. The van der Waals surface area contributed by atoms with Gasteiger partial charge in [-0.3, -0.25) is 10.2 Å². The number of amides is 1. The van der Waals surface area contributed by atoms with E-state index in [1.165, 1.54) is 6.92 Å². The highest BCUT2D eigenvalue weighted by Gasteiger charge is 2.15. The summed E-state index contributed by atoms with van der Waals surface area (Å²) in [6.07, 6.45) is 0. The molecule has 9 nitrogen and oxygen atoms in total. The van der Waals surface area contributed by atoms with Crippen LogP contribution in [0.5, 0.6) is 0 Å². The largest absolute Gasteiger partial charge is 0.480 e. The zero-order chi connectivity index (χ0) is 13.1. The van der Waals surface area contributed by atoms with E-state index in [1.54, 1.807) is 0 Å². The van der Waals surface area contributed by atoms with Gasteiger partial charge in [0.05, 0.1) is 0 Å². The number of hydrogen-bond donors (Lipinski definition) is 7. The van der Waals surface area contributed by atoms with Crippen LogP contribution in [0.3, 0.4) is 0 Å². The molecule has 0 spiro atoms. The Balaban J connectivity index is 0. The van der Waals surface area contributed by atoms with Crippen molar-refractivity contribution in [1.82, 2.24) is 10.7 Å². The standard InChI is InChI=1S/C5H9NO3S.CH7N5/c1-3(7)6-4(2-10)5(8)9;2-1(5-3)6-4/h4,10H,2H2,1H3,(H,6,7)(H,8,9);3-4H2,(H3,2,5,6)/t4-;/m0./s1. The number of carbonyl (C=O) groups excluding carboxylic acids is 1. The summed E-state index contributed by atoms with van der Waals surface area (Å²) in [5.41, 5.74) is 6.88. The minimum atomic E-state index is -1.06. The highest BCUT2D eigenvalue weighted by atomic mass is 32.1. The van der Waals surface area contributed by atoms with Gasteiger partial charge in [0.2, 0.25) is 11.9 Å². The molecule has 0 fully saturated rings. The van der Waals surface area contributed by atoms with E-state index in [9.17, 15) is 9.59 Å². The molecule has 1 amide bonds. The van der Waals surface area contributed by atoms with Crippen molar-refractivity contribution in [2.24, 2.45) is 22.5 Å². The number of carboxylic acid groups (broad SMARTS) is 1. The van der Waals surface area contributed by atoms with E-state index in [-0.39, 0.29) is 17.6 Å². The van der Waals surface area contributed by atoms with Crippen LogP contribution >= 0.6 is 12.6 Å². The van der Waals surface area contributed by atoms with Gasteiger partial charge in [-0.1, -0.05) is 0 Å². The van der Waals surface area contributed by atoms with E-state index in [2.05, 4.69) is 28.9 Å². The monoisotopic (exact) mass is 252 g/mol. The number of nitrogens with zero attached hydrogens (tertiary/aromatic N) is 1. The Kier molecular flexibility index (Phi) is 10.3. The molecule has 0 rings (SSSR count). The van der Waals surface area contributed by atoms with Crippen LogP contribution in [0.2, 0.25) is 0 Å². The van der Waals surface area contributed by atoms with Gasteiger partial charge >= 0.3 is 5.97 Å². The van der Waals surface area contributed by atoms with Crippen LogP contribution in [0, 0.1) is 0 Å². The van der Waals surface area contributed by atoms with E-state index >= 15 is 0 Å². The molecule has 0 heterocycles. The molecular formula is C6H16N6O3S. The molecule has 16 heavy (non-hydrogen) atoms. The summed E-state index contributed by atoms with van der Waals surface area (Å²) in [4.78, 5) is 20.5. The molecule has 0 aliphatic carbocycles. The van der Waals surface area contributed by atoms with Gasteiger partial charge in [-0.15, -0.1) is 5.10 Å². The third-order valence-corrected chi connectivity index (χ3v) is 1.51. The number of thiol groups is 1. The van der Waals surface area contributed by atoms with Crippen LogP contribution in [0.15, 0.2) is 5.10 Å². The predicted molar refractivity (Wildman–Crippen MR) is 62.2 cm³/mol. The third-order valence-electron chi connectivity index (χ3n) is 1.15. The molecule has 0 bridgehead atoms. The minimum absolute atomic E-state index is 0.0231. The second kappa shape index (κ2) is 9.86. The summed E-state index contributed by atoms with van der Waals surface area (Å²) in [7, 11) is 0. The third kappa shape index (κ3) is 10.4. The van der Waals surface area contributed by atoms with Crippen LogP contribution in [0.1, 0.15) is 6.92 Å². The summed E-state index contributed by atoms with van der Waals surface area (Å²) in [6, 6.07) is -0.874. The number of carboxylic acids is 1. The number of carbonyl (C=O) groups is 2. The average Bonchev–Trinajstić information content (AvgIpc) is 2.24. The molecule has 0 saturated carbocycles. The molecule has 0 aromatic heterocycles. The smallest absolute Gasteiger partial charge is 0.327 e. The van der Waals surface area contributed by atoms with Gasteiger partial charge in [0.25, 0.3) is 0 Å². The summed E-state index contributed by atoms with van der Waals surface area (Å²) in [5, 5.41) is 13.5. The lowest BCUT2D eigenvalue weighted by Gasteiger charge is -2.08. The molecule has 0 aromatic rings. The maximum Gasteiger partial charge on any atom is 0.327 e. The molecule has 1 atom stereocenters. The summed E-state index contributed by atoms with van der Waals surface area (Å²) < 4.78 is 0. The van der Waals surface area contributed by atoms with Gasteiger partial charge in [-0.2, -0.15) is 12.6 Å². The van der Waals surface area contributed by atoms with E-state index in [0.29, 0.717) is 0 Å². The number of aliphatic carboxylic acids is 1. The Labute approximate surface area is 97.8 Å². The zero-order valence-corrected chi connectivity index (χ0v) is 9.57. The Morgan fingerprint density at radius 2 is 2.06 bits per heavy atom. The van der Waals surface area contributed by atoms with Crippen molar-refractivity contribution in [3.63, 3.8) is 0 Å². The fraction of sp³-hybridized carbons (Fsp3) is 0.500. The molecule has 0 saturated heterocycles. The molecule has 94 valence electrons. The Morgan fingerprint density at radius 3 is 2.12 bits per heavy atom. The number of guanidine groups is 1. The quantitative estimate of drug-likeness (QED) is 0.0931. The molecule has 0 radical (unpaired) electrons. The van der Waals surface area contributed by atoms with Crippen molar-refractivity contribution in [3.05, 3.63) is 0 Å². The van der Waals surface area contributed by atoms with Crippen LogP contribution in [-0.4, -0.2) is 34.7 Å². The highest BCUT2D eigenvalue weighted by molar-refractivity contribution is 7.80. The zero-order valence-electron chi connectivity index (χ0n) is 8.67. The van der Waals surface area contributed by atoms with E-state index in [0.717, 1.165) is 0 Å². The van der Waals surface area contributed by atoms with Crippen LogP contribution in [-0.2, 0) is 9.59 Å². The first kappa shape index (κ1) is 16.7. The number of nitrogens with two attached hydrogens (primary N) is 3. The molecule has 9 N–H and O–H groups in total. The highest BCUT2D eigenvalue weighted by Crippen LogP contribution is 1.86. The normalized spacial score (nSPS) is 11.8. The van der Waals surface area contributed by atoms with Gasteiger partial charge in [-0.05, 0) is 0 Å².